The Bertz CT molecular complexity index is 1030. The van der Waals surface area contributed by atoms with E-state index in [0.717, 1.165) is 30.0 Å². The van der Waals surface area contributed by atoms with Gasteiger partial charge in [-0.1, -0.05) is 48.5 Å². The molecule has 0 radical (unpaired) electrons. The van der Waals surface area contributed by atoms with Crippen molar-refractivity contribution in [2.75, 3.05) is 18.0 Å². The second-order valence-corrected chi connectivity index (χ2v) is 8.00. The maximum Gasteiger partial charge on any atom is 0.251 e. The normalized spacial score (nSPS) is 14.1. The van der Waals surface area contributed by atoms with Crippen LogP contribution in [0.2, 0.25) is 0 Å². The topological polar surface area (TPSA) is 74.3 Å². The van der Waals surface area contributed by atoms with E-state index in [9.17, 15) is 9.59 Å². The van der Waals surface area contributed by atoms with Crippen LogP contribution in [0.3, 0.4) is 0 Å². The Hall–Kier alpha value is -3.67. The van der Waals surface area contributed by atoms with Gasteiger partial charge in [-0.2, -0.15) is 0 Å². The molecule has 0 bridgehead atoms. The average Bonchev–Trinajstić information content (AvgIpc) is 3.39. The van der Waals surface area contributed by atoms with Gasteiger partial charge in [0.05, 0.1) is 12.5 Å². The van der Waals surface area contributed by atoms with Gasteiger partial charge >= 0.3 is 0 Å². The van der Waals surface area contributed by atoms with E-state index in [0.29, 0.717) is 12.1 Å². The standard InChI is InChI=1S/C26H28N4O2/c31-25(28-19-20-13-14-27-24(17-20)30-15-7-8-16-30)18-23(21-9-3-1-4-10-21)29-26(32)22-11-5-2-6-12-22/h1-6,9-14,17,23H,7-8,15-16,18-19H2,(H,28,31)(H,29,32). The Labute approximate surface area is 188 Å². The number of aromatic nitrogens is 1. The molecular formula is C26H28N4O2. The number of carbonyl (C=O) groups excluding carboxylic acids is 2. The van der Waals surface area contributed by atoms with Gasteiger partial charge in [0.1, 0.15) is 5.82 Å². The SMILES string of the molecule is O=C(CC(NC(=O)c1ccccc1)c1ccccc1)NCc1ccnc(N2CCCC2)c1. The van der Waals surface area contributed by atoms with E-state index in [1.807, 2.05) is 60.7 Å². The number of anilines is 1. The zero-order valence-corrected chi connectivity index (χ0v) is 18.0. The molecule has 32 heavy (non-hydrogen) atoms. The van der Waals surface area contributed by atoms with E-state index in [4.69, 9.17) is 0 Å². The number of hydrogen-bond donors (Lipinski definition) is 2. The van der Waals surface area contributed by atoms with Crippen LogP contribution in [0, 0.1) is 0 Å². The van der Waals surface area contributed by atoms with Crippen molar-refractivity contribution < 1.29 is 9.59 Å². The van der Waals surface area contributed by atoms with Gasteiger partial charge in [0.2, 0.25) is 5.91 Å². The van der Waals surface area contributed by atoms with Gasteiger partial charge in [0.15, 0.2) is 0 Å². The van der Waals surface area contributed by atoms with Gasteiger partial charge in [-0.25, -0.2) is 4.98 Å². The zero-order chi connectivity index (χ0) is 22.2. The minimum atomic E-state index is -0.415. The predicted octanol–water partition coefficient (Wildman–Crippen LogP) is 3.86. The van der Waals surface area contributed by atoms with Crippen molar-refractivity contribution in [1.29, 1.82) is 0 Å². The number of pyridine rings is 1. The number of nitrogens with one attached hydrogen (secondary N) is 2. The third kappa shape index (κ3) is 5.72. The van der Waals surface area contributed by atoms with Crippen LogP contribution in [0.15, 0.2) is 79.0 Å². The van der Waals surface area contributed by atoms with E-state index < -0.39 is 6.04 Å². The molecule has 1 unspecified atom stereocenters. The van der Waals surface area contributed by atoms with Crippen LogP contribution >= 0.6 is 0 Å². The molecule has 0 aliphatic carbocycles. The minimum absolute atomic E-state index is 0.119. The number of carbonyl (C=O) groups is 2. The van der Waals surface area contributed by atoms with Crippen LogP contribution in [-0.4, -0.2) is 29.9 Å². The van der Waals surface area contributed by atoms with Gasteiger partial charge in [-0.3, -0.25) is 9.59 Å². The molecule has 0 spiro atoms. The van der Waals surface area contributed by atoms with Crippen LogP contribution in [-0.2, 0) is 11.3 Å². The average molecular weight is 429 g/mol. The van der Waals surface area contributed by atoms with Crippen molar-refractivity contribution in [2.45, 2.75) is 31.8 Å². The van der Waals surface area contributed by atoms with E-state index in [-0.39, 0.29) is 18.2 Å². The summed E-state index contributed by atoms with van der Waals surface area (Å²) in [6.45, 7) is 2.49. The third-order valence-electron chi connectivity index (χ3n) is 5.66. The van der Waals surface area contributed by atoms with Crippen LogP contribution in [0.4, 0.5) is 5.82 Å². The summed E-state index contributed by atoms with van der Waals surface area (Å²) in [4.78, 5) is 32.2. The first-order valence-corrected chi connectivity index (χ1v) is 11.1. The molecule has 2 N–H and O–H groups in total. The van der Waals surface area contributed by atoms with Crippen LogP contribution in [0.1, 0.15) is 46.8 Å². The highest BCUT2D eigenvalue weighted by molar-refractivity contribution is 5.94. The molecule has 6 heteroatoms. The zero-order valence-electron chi connectivity index (χ0n) is 18.0. The molecule has 6 nitrogen and oxygen atoms in total. The fourth-order valence-corrected chi connectivity index (χ4v) is 3.92. The smallest absolute Gasteiger partial charge is 0.251 e. The number of amides is 2. The van der Waals surface area contributed by atoms with Crippen molar-refractivity contribution in [3.63, 3.8) is 0 Å². The lowest BCUT2D eigenvalue weighted by Gasteiger charge is -2.20. The Balaban J connectivity index is 1.39. The summed E-state index contributed by atoms with van der Waals surface area (Å²) in [7, 11) is 0. The Kier molecular flexibility index (Phi) is 7.12. The molecule has 1 fully saturated rings. The summed E-state index contributed by atoms with van der Waals surface area (Å²) in [6, 6.07) is 22.2. The third-order valence-corrected chi connectivity index (χ3v) is 5.66. The highest BCUT2D eigenvalue weighted by Gasteiger charge is 2.19. The van der Waals surface area contributed by atoms with Gasteiger partial charge in [-0.15, -0.1) is 0 Å². The summed E-state index contributed by atoms with van der Waals surface area (Å²) in [5.74, 6) is 0.648. The van der Waals surface area contributed by atoms with Gasteiger partial charge in [-0.05, 0) is 48.2 Å². The van der Waals surface area contributed by atoms with E-state index in [2.05, 4.69) is 20.5 Å². The second kappa shape index (κ2) is 10.6. The van der Waals surface area contributed by atoms with Crippen molar-refractivity contribution in [2.24, 2.45) is 0 Å². The lowest BCUT2D eigenvalue weighted by Crippen LogP contribution is -2.33. The number of rotatable bonds is 8. The lowest BCUT2D eigenvalue weighted by molar-refractivity contribution is -0.121. The minimum Gasteiger partial charge on any atom is -0.357 e. The van der Waals surface area contributed by atoms with Crippen molar-refractivity contribution in [3.05, 3.63) is 95.7 Å². The number of hydrogen-bond acceptors (Lipinski definition) is 4. The summed E-state index contributed by atoms with van der Waals surface area (Å²) in [6.07, 6.45) is 4.34. The maximum atomic E-state index is 12.8. The van der Waals surface area contributed by atoms with E-state index in [1.54, 1.807) is 18.3 Å². The van der Waals surface area contributed by atoms with Crippen LogP contribution in [0.25, 0.3) is 0 Å². The molecule has 1 aromatic heterocycles. The maximum absolute atomic E-state index is 12.8. The van der Waals surface area contributed by atoms with Crippen LogP contribution < -0.4 is 15.5 Å². The molecule has 4 rings (SSSR count). The fourth-order valence-electron chi connectivity index (χ4n) is 3.92. The lowest BCUT2D eigenvalue weighted by atomic mass is 10.0. The van der Waals surface area contributed by atoms with E-state index in [1.165, 1.54) is 12.8 Å². The molecule has 2 amide bonds. The second-order valence-electron chi connectivity index (χ2n) is 8.00. The Morgan fingerprint density at radius 3 is 2.34 bits per heavy atom. The molecule has 1 aliphatic rings. The molecule has 2 aromatic carbocycles. The largest absolute Gasteiger partial charge is 0.357 e. The molecule has 164 valence electrons. The van der Waals surface area contributed by atoms with Crippen molar-refractivity contribution >= 4 is 17.6 Å². The van der Waals surface area contributed by atoms with Gasteiger partial charge in [0.25, 0.3) is 5.91 Å². The number of benzene rings is 2. The quantitative estimate of drug-likeness (QED) is 0.571. The first-order valence-electron chi connectivity index (χ1n) is 11.1. The molecule has 0 saturated carbocycles. The summed E-state index contributed by atoms with van der Waals surface area (Å²) in [5, 5.41) is 6.00. The van der Waals surface area contributed by atoms with Crippen molar-refractivity contribution in [3.8, 4) is 0 Å². The molecule has 1 saturated heterocycles. The number of nitrogens with zero attached hydrogens (tertiary/aromatic N) is 2. The fraction of sp³-hybridized carbons (Fsp3) is 0.269. The highest BCUT2D eigenvalue weighted by atomic mass is 16.2. The van der Waals surface area contributed by atoms with Gasteiger partial charge in [0, 0.05) is 31.4 Å². The first kappa shape index (κ1) is 21.6. The van der Waals surface area contributed by atoms with Crippen molar-refractivity contribution in [1.82, 2.24) is 15.6 Å². The predicted molar refractivity (Wildman–Crippen MR) is 125 cm³/mol. The highest BCUT2D eigenvalue weighted by Crippen LogP contribution is 2.20. The summed E-state index contributed by atoms with van der Waals surface area (Å²) < 4.78 is 0. The summed E-state index contributed by atoms with van der Waals surface area (Å²) in [5.41, 5.74) is 2.48. The first-order chi connectivity index (χ1) is 15.7. The molecular weight excluding hydrogens is 400 g/mol. The summed E-state index contributed by atoms with van der Waals surface area (Å²) >= 11 is 0. The molecule has 2 heterocycles. The molecule has 3 aromatic rings. The molecule has 1 aliphatic heterocycles. The van der Waals surface area contributed by atoms with Crippen LogP contribution in [0.5, 0.6) is 0 Å². The van der Waals surface area contributed by atoms with Gasteiger partial charge < -0.3 is 15.5 Å². The molecule has 1 atom stereocenters. The van der Waals surface area contributed by atoms with E-state index >= 15 is 0 Å². The monoisotopic (exact) mass is 428 g/mol. The Morgan fingerprint density at radius 1 is 0.938 bits per heavy atom. The Morgan fingerprint density at radius 2 is 1.62 bits per heavy atom.